The Morgan fingerprint density at radius 1 is 1.10 bits per heavy atom. The minimum Gasteiger partial charge on any atom is -0.383 e. The number of carbonyl (C=O) groups is 2. The third-order valence-corrected chi connectivity index (χ3v) is 5.72. The van der Waals surface area contributed by atoms with E-state index < -0.39 is 0 Å². The molecule has 1 saturated heterocycles. The predicted molar refractivity (Wildman–Crippen MR) is 125 cm³/mol. The first-order chi connectivity index (χ1) is 15.1. The monoisotopic (exact) mass is 423 g/mol. The number of hydrogen-bond acceptors (Lipinski definition) is 4. The second-order valence-corrected chi connectivity index (χ2v) is 8.18. The van der Waals surface area contributed by atoms with E-state index in [-0.39, 0.29) is 11.8 Å². The summed E-state index contributed by atoms with van der Waals surface area (Å²) in [6.07, 6.45) is 3.30. The van der Waals surface area contributed by atoms with E-state index >= 15 is 0 Å². The van der Waals surface area contributed by atoms with Crippen LogP contribution in [0.1, 0.15) is 42.1 Å². The van der Waals surface area contributed by atoms with Gasteiger partial charge in [-0.3, -0.25) is 9.59 Å². The molecule has 0 radical (unpaired) electrons. The van der Waals surface area contributed by atoms with Crippen LogP contribution >= 0.6 is 0 Å². The summed E-state index contributed by atoms with van der Waals surface area (Å²) in [7, 11) is 1.61. The first-order valence-corrected chi connectivity index (χ1v) is 11.1. The lowest BCUT2D eigenvalue weighted by atomic mass is 9.97. The Kier molecular flexibility index (Phi) is 8.47. The number of rotatable bonds is 9. The van der Waals surface area contributed by atoms with Crippen molar-refractivity contribution in [1.29, 1.82) is 0 Å². The van der Waals surface area contributed by atoms with Gasteiger partial charge in [-0.25, -0.2) is 0 Å². The number of aryl methyl sites for hydroxylation is 1. The van der Waals surface area contributed by atoms with E-state index in [0.29, 0.717) is 43.2 Å². The number of ether oxygens (including phenoxy) is 1. The number of carbonyl (C=O) groups excluding carboxylic acids is 2. The molecule has 0 bridgehead atoms. The molecule has 0 aliphatic carbocycles. The average molecular weight is 424 g/mol. The summed E-state index contributed by atoms with van der Waals surface area (Å²) in [6.45, 7) is 5.03. The van der Waals surface area contributed by atoms with Gasteiger partial charge < -0.3 is 20.3 Å². The van der Waals surface area contributed by atoms with Crippen LogP contribution in [-0.4, -0.2) is 45.2 Å². The Bertz CT molecular complexity index is 862. The highest BCUT2D eigenvalue weighted by Gasteiger charge is 2.21. The number of hydrogen-bond donors (Lipinski definition) is 2. The van der Waals surface area contributed by atoms with Crippen LogP contribution < -0.4 is 15.5 Å². The normalized spacial score (nSPS) is 14.3. The molecule has 6 heteroatoms. The maximum Gasteiger partial charge on any atom is 0.253 e. The molecule has 2 aromatic carbocycles. The Balaban J connectivity index is 1.71. The van der Waals surface area contributed by atoms with E-state index in [2.05, 4.69) is 22.5 Å². The molecule has 1 aliphatic heterocycles. The lowest BCUT2D eigenvalue weighted by Crippen LogP contribution is -2.35. The zero-order valence-corrected chi connectivity index (χ0v) is 18.5. The van der Waals surface area contributed by atoms with Gasteiger partial charge in [0.15, 0.2) is 0 Å². The highest BCUT2D eigenvalue weighted by atomic mass is 16.5. The molecule has 0 saturated carbocycles. The van der Waals surface area contributed by atoms with E-state index in [4.69, 9.17) is 4.74 Å². The average Bonchev–Trinajstić information content (AvgIpc) is 2.79. The molecule has 3 rings (SSSR count). The molecule has 1 fully saturated rings. The maximum atomic E-state index is 12.9. The molecule has 2 N–H and O–H groups in total. The van der Waals surface area contributed by atoms with Crippen molar-refractivity contribution >= 4 is 23.2 Å². The standard InChI is InChI=1S/C25H33N3O3/c1-19-12-15-28(16-13-19)23-10-9-21(18-22(23)25(30)26-14-17-31-2)27-24(29)11-8-20-6-4-3-5-7-20/h3-7,9-10,18-19H,8,11-17H2,1-2H3,(H,26,30)(H,27,29). The fraction of sp³-hybridized carbons (Fsp3) is 0.440. The molecular weight excluding hydrogens is 390 g/mol. The Morgan fingerprint density at radius 3 is 2.55 bits per heavy atom. The molecule has 2 aromatic rings. The van der Waals surface area contributed by atoms with Crippen LogP contribution in [0.15, 0.2) is 48.5 Å². The van der Waals surface area contributed by atoms with Crippen molar-refractivity contribution in [2.24, 2.45) is 5.92 Å². The fourth-order valence-electron chi connectivity index (χ4n) is 3.81. The largest absolute Gasteiger partial charge is 0.383 e. The van der Waals surface area contributed by atoms with Gasteiger partial charge in [0.05, 0.1) is 12.2 Å². The lowest BCUT2D eigenvalue weighted by molar-refractivity contribution is -0.116. The van der Waals surface area contributed by atoms with Gasteiger partial charge in [-0.1, -0.05) is 37.3 Å². The second kappa shape index (κ2) is 11.5. The predicted octanol–water partition coefficient (Wildman–Crippen LogP) is 3.87. The van der Waals surface area contributed by atoms with Gasteiger partial charge in [-0.05, 0) is 48.9 Å². The summed E-state index contributed by atoms with van der Waals surface area (Å²) in [5.41, 5.74) is 3.28. The first-order valence-electron chi connectivity index (χ1n) is 11.1. The van der Waals surface area contributed by atoms with E-state index in [1.807, 2.05) is 42.5 Å². The quantitative estimate of drug-likeness (QED) is 0.601. The van der Waals surface area contributed by atoms with Crippen LogP contribution in [-0.2, 0) is 16.0 Å². The van der Waals surface area contributed by atoms with Gasteiger partial charge in [0.1, 0.15) is 0 Å². The van der Waals surface area contributed by atoms with E-state index in [9.17, 15) is 9.59 Å². The van der Waals surface area contributed by atoms with Crippen LogP contribution in [0, 0.1) is 5.92 Å². The van der Waals surface area contributed by atoms with Crippen LogP contribution in [0.2, 0.25) is 0 Å². The van der Waals surface area contributed by atoms with Crippen LogP contribution in [0.5, 0.6) is 0 Å². The SMILES string of the molecule is COCCNC(=O)c1cc(NC(=O)CCc2ccccc2)ccc1N1CCC(C)CC1. The fourth-order valence-corrected chi connectivity index (χ4v) is 3.81. The summed E-state index contributed by atoms with van der Waals surface area (Å²) >= 11 is 0. The van der Waals surface area contributed by atoms with Crippen molar-refractivity contribution in [3.63, 3.8) is 0 Å². The van der Waals surface area contributed by atoms with Crippen molar-refractivity contribution in [2.45, 2.75) is 32.6 Å². The van der Waals surface area contributed by atoms with Crippen LogP contribution in [0.25, 0.3) is 0 Å². The van der Waals surface area contributed by atoms with E-state index in [0.717, 1.165) is 37.2 Å². The molecule has 31 heavy (non-hydrogen) atoms. The minimum atomic E-state index is -0.147. The number of nitrogens with one attached hydrogen (secondary N) is 2. The third kappa shape index (κ3) is 6.82. The summed E-state index contributed by atoms with van der Waals surface area (Å²) in [6, 6.07) is 15.6. The Hall–Kier alpha value is -2.86. The van der Waals surface area contributed by atoms with Crippen molar-refractivity contribution in [1.82, 2.24) is 5.32 Å². The summed E-state index contributed by atoms with van der Waals surface area (Å²) in [5, 5.41) is 5.86. The highest BCUT2D eigenvalue weighted by molar-refractivity contribution is 6.02. The van der Waals surface area contributed by atoms with Crippen LogP contribution in [0.3, 0.4) is 0 Å². The molecule has 1 aliphatic rings. The molecule has 166 valence electrons. The number of nitrogens with zero attached hydrogens (tertiary/aromatic N) is 1. The lowest BCUT2D eigenvalue weighted by Gasteiger charge is -2.33. The zero-order chi connectivity index (χ0) is 22.1. The molecule has 0 atom stereocenters. The topological polar surface area (TPSA) is 70.7 Å². The summed E-state index contributed by atoms with van der Waals surface area (Å²) < 4.78 is 5.04. The van der Waals surface area contributed by atoms with Crippen molar-refractivity contribution in [3.8, 4) is 0 Å². The van der Waals surface area contributed by atoms with Crippen molar-refractivity contribution < 1.29 is 14.3 Å². The van der Waals surface area contributed by atoms with Gasteiger partial charge in [-0.15, -0.1) is 0 Å². The minimum absolute atomic E-state index is 0.0610. The van der Waals surface area contributed by atoms with Gasteiger partial charge >= 0.3 is 0 Å². The second-order valence-electron chi connectivity index (χ2n) is 8.18. The molecule has 0 aromatic heterocycles. The molecule has 1 heterocycles. The Labute approximate surface area is 185 Å². The summed E-state index contributed by atoms with van der Waals surface area (Å²) in [5.74, 6) is 0.499. The van der Waals surface area contributed by atoms with Gasteiger partial charge in [0.25, 0.3) is 5.91 Å². The van der Waals surface area contributed by atoms with Crippen molar-refractivity contribution in [2.75, 3.05) is 43.6 Å². The number of methoxy groups -OCH3 is 1. The number of piperidine rings is 1. The first kappa shape index (κ1) is 22.8. The molecular formula is C25H33N3O3. The number of amides is 2. The number of benzene rings is 2. The molecule has 6 nitrogen and oxygen atoms in total. The smallest absolute Gasteiger partial charge is 0.253 e. The van der Waals surface area contributed by atoms with Gasteiger partial charge in [0, 0.05) is 44.5 Å². The maximum absolute atomic E-state index is 12.9. The summed E-state index contributed by atoms with van der Waals surface area (Å²) in [4.78, 5) is 27.6. The Morgan fingerprint density at radius 2 is 1.84 bits per heavy atom. The molecule has 0 spiro atoms. The van der Waals surface area contributed by atoms with Crippen molar-refractivity contribution in [3.05, 3.63) is 59.7 Å². The van der Waals surface area contributed by atoms with Gasteiger partial charge in [-0.2, -0.15) is 0 Å². The van der Waals surface area contributed by atoms with Crippen LogP contribution in [0.4, 0.5) is 11.4 Å². The highest BCUT2D eigenvalue weighted by Crippen LogP contribution is 2.29. The third-order valence-electron chi connectivity index (χ3n) is 5.72. The van der Waals surface area contributed by atoms with Gasteiger partial charge in [0.2, 0.25) is 5.91 Å². The zero-order valence-electron chi connectivity index (χ0n) is 18.5. The number of anilines is 2. The molecule has 0 unspecified atom stereocenters. The van der Waals surface area contributed by atoms with E-state index in [1.54, 1.807) is 13.2 Å². The van der Waals surface area contributed by atoms with E-state index in [1.165, 1.54) is 0 Å². The molecule has 2 amide bonds.